The van der Waals surface area contributed by atoms with Crippen molar-refractivity contribution in [1.29, 1.82) is 0 Å². The van der Waals surface area contributed by atoms with Gasteiger partial charge in [0.1, 0.15) is 0 Å². The van der Waals surface area contributed by atoms with Crippen LogP contribution in [0.3, 0.4) is 0 Å². The number of nitrogens with zero attached hydrogens (tertiary/aromatic N) is 2. The number of ketones is 1. The molecule has 1 aliphatic heterocycles. The van der Waals surface area contributed by atoms with E-state index < -0.39 is 17.3 Å². The Morgan fingerprint density at radius 3 is 2.71 bits per heavy atom. The fourth-order valence-corrected chi connectivity index (χ4v) is 4.15. The van der Waals surface area contributed by atoms with Gasteiger partial charge in [-0.2, -0.15) is 0 Å². The van der Waals surface area contributed by atoms with Crippen LogP contribution in [0.5, 0.6) is 0 Å². The molecule has 0 amide bonds. The minimum Gasteiger partial charge on any atom is -0.307 e. The summed E-state index contributed by atoms with van der Waals surface area (Å²) < 4.78 is 25.4. The van der Waals surface area contributed by atoms with E-state index in [9.17, 15) is 13.6 Å². The first kappa shape index (κ1) is 16.1. The average molecular weight is 296 g/mol. The highest BCUT2D eigenvalue weighted by Gasteiger charge is 2.52. The highest BCUT2D eigenvalue weighted by Crippen LogP contribution is 2.51. The van der Waals surface area contributed by atoms with E-state index >= 15 is 0 Å². The van der Waals surface area contributed by atoms with Crippen molar-refractivity contribution < 1.29 is 13.6 Å². The second-order valence-electron chi connectivity index (χ2n) is 7.02. The lowest BCUT2D eigenvalue weighted by Gasteiger charge is -2.47. The second-order valence-corrected chi connectivity index (χ2v) is 7.02. The lowest BCUT2D eigenvalue weighted by Crippen LogP contribution is -2.49. The van der Waals surface area contributed by atoms with Crippen molar-refractivity contribution in [3.05, 3.63) is 23.2 Å². The fourth-order valence-electron chi connectivity index (χ4n) is 4.15. The third-order valence-corrected chi connectivity index (χ3v) is 5.00. The van der Waals surface area contributed by atoms with Crippen molar-refractivity contribution in [1.82, 2.24) is 4.90 Å². The van der Waals surface area contributed by atoms with Crippen molar-refractivity contribution in [2.24, 2.45) is 16.7 Å². The molecule has 3 nitrogen and oxygen atoms in total. The first-order valence-electron chi connectivity index (χ1n) is 7.36. The molecule has 116 valence electrons. The summed E-state index contributed by atoms with van der Waals surface area (Å²) >= 11 is 0. The summed E-state index contributed by atoms with van der Waals surface area (Å²) in [5.41, 5.74) is -0.843. The van der Waals surface area contributed by atoms with E-state index in [4.69, 9.17) is 6.57 Å². The molecule has 5 heteroatoms. The molecule has 0 aromatic heterocycles. The second kappa shape index (κ2) is 5.49. The van der Waals surface area contributed by atoms with Gasteiger partial charge in [0, 0.05) is 12.0 Å². The standard InChI is InChI=1S/C16H22F2N2O/c1-15(2)12-6-5-7-20(9-13(17)18)10-16(12,3)8-11(19-4)14(15)21/h8,12-13H,5-7,9-10H2,1-3H3/t12-,16+/m1/s1. The van der Waals surface area contributed by atoms with Gasteiger partial charge in [0.15, 0.2) is 5.78 Å². The number of carbonyl (C=O) groups is 1. The number of rotatable bonds is 2. The van der Waals surface area contributed by atoms with Gasteiger partial charge in [-0.25, -0.2) is 13.6 Å². The highest BCUT2D eigenvalue weighted by atomic mass is 19.3. The van der Waals surface area contributed by atoms with Crippen molar-refractivity contribution in [2.45, 2.75) is 40.0 Å². The van der Waals surface area contributed by atoms with Gasteiger partial charge in [-0.05, 0) is 30.7 Å². The summed E-state index contributed by atoms with van der Waals surface area (Å²) in [4.78, 5) is 17.6. The summed E-state index contributed by atoms with van der Waals surface area (Å²) in [5, 5.41) is 0. The van der Waals surface area contributed by atoms with Gasteiger partial charge in [0.05, 0.1) is 13.1 Å². The number of Topliss-reactive ketones (excluding diaryl/α,β-unsaturated/α-hetero) is 1. The quantitative estimate of drug-likeness (QED) is 0.730. The molecule has 1 saturated heterocycles. The number of hydrogen-bond donors (Lipinski definition) is 0. The molecule has 0 aromatic rings. The Morgan fingerprint density at radius 2 is 2.14 bits per heavy atom. The van der Waals surface area contributed by atoms with E-state index in [-0.39, 0.29) is 23.9 Å². The molecule has 0 spiro atoms. The molecule has 1 fully saturated rings. The monoisotopic (exact) mass is 296 g/mol. The summed E-state index contributed by atoms with van der Waals surface area (Å²) in [7, 11) is 0. The van der Waals surface area contributed by atoms with Crippen LogP contribution in [-0.2, 0) is 4.79 Å². The first-order valence-corrected chi connectivity index (χ1v) is 7.36. The zero-order chi connectivity index (χ0) is 15.8. The molecule has 21 heavy (non-hydrogen) atoms. The van der Waals surface area contributed by atoms with E-state index in [2.05, 4.69) is 4.85 Å². The molecule has 0 N–H and O–H groups in total. The van der Waals surface area contributed by atoms with Crippen LogP contribution in [0, 0.1) is 23.3 Å². The van der Waals surface area contributed by atoms with Crippen LogP contribution in [0.2, 0.25) is 0 Å². The van der Waals surface area contributed by atoms with Crippen LogP contribution < -0.4 is 0 Å². The lowest BCUT2D eigenvalue weighted by molar-refractivity contribution is -0.129. The highest BCUT2D eigenvalue weighted by molar-refractivity contribution is 6.02. The number of hydrogen-bond acceptors (Lipinski definition) is 2. The van der Waals surface area contributed by atoms with E-state index in [0.717, 1.165) is 12.8 Å². The maximum Gasteiger partial charge on any atom is 0.251 e. The number of carbonyl (C=O) groups excluding carboxylic acids is 1. The van der Waals surface area contributed by atoms with Crippen LogP contribution in [0.25, 0.3) is 4.85 Å². The molecule has 1 heterocycles. The number of fused-ring (bicyclic) bond motifs is 1. The minimum absolute atomic E-state index is 0.0886. The number of halogens is 2. The van der Waals surface area contributed by atoms with Crippen molar-refractivity contribution in [2.75, 3.05) is 19.6 Å². The number of likely N-dealkylation sites (tertiary alicyclic amines) is 1. The van der Waals surface area contributed by atoms with Crippen molar-refractivity contribution >= 4 is 5.78 Å². The fraction of sp³-hybridized carbons (Fsp3) is 0.750. The molecule has 0 unspecified atom stereocenters. The van der Waals surface area contributed by atoms with Crippen LogP contribution in [-0.4, -0.2) is 36.7 Å². The maximum atomic E-state index is 12.7. The molecule has 0 bridgehead atoms. The Kier molecular flexibility index (Phi) is 4.21. The Morgan fingerprint density at radius 1 is 1.48 bits per heavy atom. The lowest BCUT2D eigenvalue weighted by atomic mass is 9.57. The molecular formula is C16H22F2N2O. The Hall–Kier alpha value is -1.28. The van der Waals surface area contributed by atoms with Crippen LogP contribution >= 0.6 is 0 Å². The van der Waals surface area contributed by atoms with Gasteiger partial charge in [-0.1, -0.05) is 26.8 Å². The van der Waals surface area contributed by atoms with E-state index in [1.807, 2.05) is 20.8 Å². The summed E-state index contributed by atoms with van der Waals surface area (Å²) in [6, 6.07) is 0. The van der Waals surface area contributed by atoms with E-state index in [0.29, 0.717) is 13.1 Å². The molecule has 1 aliphatic carbocycles. The zero-order valence-electron chi connectivity index (χ0n) is 12.8. The smallest absolute Gasteiger partial charge is 0.251 e. The topological polar surface area (TPSA) is 24.7 Å². The normalized spacial score (nSPS) is 33.1. The molecule has 2 aliphatic rings. The van der Waals surface area contributed by atoms with Crippen LogP contribution in [0.1, 0.15) is 33.6 Å². The first-order chi connectivity index (χ1) is 9.70. The molecule has 2 atom stereocenters. The van der Waals surface area contributed by atoms with Crippen molar-refractivity contribution in [3.8, 4) is 0 Å². The van der Waals surface area contributed by atoms with Gasteiger partial charge in [-0.15, -0.1) is 0 Å². The molecule has 2 rings (SSSR count). The van der Waals surface area contributed by atoms with Gasteiger partial charge in [0.2, 0.25) is 5.70 Å². The summed E-state index contributed by atoms with van der Waals surface area (Å²) in [6.45, 7) is 13.9. The minimum atomic E-state index is -2.35. The predicted molar refractivity (Wildman–Crippen MR) is 76.7 cm³/mol. The molecule has 0 aromatic carbocycles. The van der Waals surface area contributed by atoms with Crippen LogP contribution in [0.4, 0.5) is 8.78 Å². The van der Waals surface area contributed by atoms with Gasteiger partial charge in [0.25, 0.3) is 6.43 Å². The third kappa shape index (κ3) is 2.87. The van der Waals surface area contributed by atoms with E-state index in [1.54, 1.807) is 11.0 Å². The van der Waals surface area contributed by atoms with E-state index in [1.165, 1.54) is 0 Å². The molecular weight excluding hydrogens is 274 g/mol. The predicted octanol–water partition coefficient (Wildman–Crippen LogP) is 3.38. The van der Waals surface area contributed by atoms with Crippen LogP contribution in [0.15, 0.2) is 11.8 Å². The number of allylic oxidation sites excluding steroid dienone is 1. The Bertz CT molecular complexity index is 507. The maximum absolute atomic E-state index is 12.7. The average Bonchev–Trinajstić information content (AvgIpc) is 2.53. The molecule has 0 radical (unpaired) electrons. The summed E-state index contributed by atoms with van der Waals surface area (Å²) in [5.74, 6) is -0.0204. The Balaban J connectivity index is 2.40. The number of alkyl halides is 2. The largest absolute Gasteiger partial charge is 0.307 e. The summed E-state index contributed by atoms with van der Waals surface area (Å²) in [6.07, 6.45) is 1.02. The Labute approximate surface area is 124 Å². The SMILES string of the molecule is [C-]#[N+]C1=C[C@@]2(C)CN(CC(F)F)CCC[C@@H]2C(C)(C)C1=O. The zero-order valence-corrected chi connectivity index (χ0v) is 12.8. The van der Waals surface area contributed by atoms with Crippen molar-refractivity contribution in [3.63, 3.8) is 0 Å². The molecule has 0 saturated carbocycles. The third-order valence-electron chi connectivity index (χ3n) is 5.00. The van der Waals surface area contributed by atoms with Gasteiger partial charge in [-0.3, -0.25) is 4.90 Å². The van der Waals surface area contributed by atoms with Gasteiger partial charge < -0.3 is 4.79 Å². The van der Waals surface area contributed by atoms with Gasteiger partial charge >= 0.3 is 0 Å².